The zero-order chi connectivity index (χ0) is 24.3. The molecule has 2 aliphatic carbocycles. The van der Waals surface area contributed by atoms with E-state index in [1.165, 1.54) is 11.1 Å². The van der Waals surface area contributed by atoms with E-state index in [1.54, 1.807) is 0 Å². The SMILES string of the molecule is CC(C)(C)c1ccc(Cn2ccc3c(Br)ccc(C(=O)CC4CC5(C4)CC(C(=O)O)C5)c32)cc1. The summed E-state index contributed by atoms with van der Waals surface area (Å²) in [7, 11) is 0. The summed E-state index contributed by atoms with van der Waals surface area (Å²) in [5, 5.41) is 10.2. The van der Waals surface area contributed by atoms with Gasteiger partial charge in [-0.25, -0.2) is 0 Å². The molecule has 1 aromatic heterocycles. The minimum absolute atomic E-state index is 0.122. The topological polar surface area (TPSA) is 59.3 Å². The molecule has 2 saturated carbocycles. The third-order valence-corrected chi connectivity index (χ3v) is 8.66. The first-order valence-corrected chi connectivity index (χ1v) is 13.0. The molecule has 34 heavy (non-hydrogen) atoms. The predicted octanol–water partition coefficient (Wildman–Crippen LogP) is 7.21. The molecule has 2 fully saturated rings. The zero-order valence-corrected chi connectivity index (χ0v) is 21.7. The van der Waals surface area contributed by atoms with Crippen molar-refractivity contribution in [3.63, 3.8) is 0 Å². The van der Waals surface area contributed by atoms with Crippen LogP contribution in [-0.2, 0) is 16.8 Å². The first-order valence-electron chi connectivity index (χ1n) is 12.2. The van der Waals surface area contributed by atoms with Gasteiger partial charge in [0.2, 0.25) is 0 Å². The second-order valence-corrected chi connectivity index (χ2v) is 12.4. The first-order chi connectivity index (χ1) is 16.0. The predicted molar refractivity (Wildman–Crippen MR) is 138 cm³/mol. The molecule has 0 amide bonds. The van der Waals surface area contributed by atoms with Crippen LogP contribution in [0.3, 0.4) is 0 Å². The van der Waals surface area contributed by atoms with E-state index in [9.17, 15) is 9.59 Å². The number of fused-ring (bicyclic) bond motifs is 1. The zero-order valence-electron chi connectivity index (χ0n) is 20.1. The van der Waals surface area contributed by atoms with Crippen molar-refractivity contribution < 1.29 is 14.7 Å². The number of hydrogen-bond donors (Lipinski definition) is 1. The summed E-state index contributed by atoms with van der Waals surface area (Å²) in [4.78, 5) is 24.5. The van der Waals surface area contributed by atoms with Gasteiger partial charge in [0.1, 0.15) is 0 Å². The Morgan fingerprint density at radius 1 is 1.03 bits per heavy atom. The van der Waals surface area contributed by atoms with Crippen LogP contribution in [0, 0.1) is 17.3 Å². The fourth-order valence-corrected chi connectivity index (χ4v) is 6.58. The lowest BCUT2D eigenvalue weighted by Crippen LogP contribution is -2.50. The quantitative estimate of drug-likeness (QED) is 0.348. The van der Waals surface area contributed by atoms with Crippen LogP contribution >= 0.6 is 15.9 Å². The largest absolute Gasteiger partial charge is 0.481 e. The summed E-state index contributed by atoms with van der Waals surface area (Å²) in [5.74, 6) is -0.288. The molecule has 178 valence electrons. The van der Waals surface area contributed by atoms with Crippen LogP contribution in [0.4, 0.5) is 0 Å². The first kappa shape index (κ1) is 23.3. The summed E-state index contributed by atoms with van der Waals surface area (Å²) in [6.07, 6.45) is 6.16. The number of nitrogens with zero attached hydrogens (tertiary/aromatic N) is 1. The van der Waals surface area contributed by atoms with Crippen LogP contribution in [-0.4, -0.2) is 21.4 Å². The van der Waals surface area contributed by atoms with E-state index in [0.717, 1.165) is 46.6 Å². The van der Waals surface area contributed by atoms with E-state index >= 15 is 0 Å². The minimum atomic E-state index is -0.670. The number of carbonyl (C=O) groups is 2. The van der Waals surface area contributed by atoms with Gasteiger partial charge in [0.25, 0.3) is 0 Å². The molecule has 1 spiro atoms. The van der Waals surface area contributed by atoms with E-state index in [-0.39, 0.29) is 22.5 Å². The summed E-state index contributed by atoms with van der Waals surface area (Å²) >= 11 is 3.66. The number of rotatable bonds is 6. The van der Waals surface area contributed by atoms with Crippen LogP contribution in [0.25, 0.3) is 10.9 Å². The van der Waals surface area contributed by atoms with Crippen molar-refractivity contribution in [3.05, 3.63) is 69.8 Å². The minimum Gasteiger partial charge on any atom is -0.481 e. The molecule has 3 aromatic rings. The summed E-state index contributed by atoms with van der Waals surface area (Å²) in [6.45, 7) is 7.37. The Kier molecular flexibility index (Phi) is 5.75. The number of halogens is 1. The highest BCUT2D eigenvalue weighted by Crippen LogP contribution is 2.62. The molecule has 0 radical (unpaired) electrons. The molecule has 1 N–H and O–H groups in total. The number of ketones is 1. The average molecular weight is 522 g/mol. The van der Waals surface area contributed by atoms with Gasteiger partial charge in [-0.15, -0.1) is 0 Å². The second kappa shape index (κ2) is 8.37. The number of carbonyl (C=O) groups excluding carboxylic acids is 1. The van der Waals surface area contributed by atoms with E-state index in [2.05, 4.69) is 77.8 Å². The van der Waals surface area contributed by atoms with Crippen molar-refractivity contribution in [1.82, 2.24) is 4.57 Å². The Morgan fingerprint density at radius 3 is 2.32 bits per heavy atom. The molecule has 0 saturated heterocycles. The number of carboxylic acid groups (broad SMARTS) is 1. The van der Waals surface area contributed by atoms with E-state index in [1.807, 2.05) is 12.1 Å². The van der Waals surface area contributed by atoms with Crippen molar-refractivity contribution in [2.45, 2.75) is 64.8 Å². The molecule has 0 unspecified atom stereocenters. The van der Waals surface area contributed by atoms with Crippen molar-refractivity contribution in [1.29, 1.82) is 0 Å². The number of aromatic nitrogens is 1. The van der Waals surface area contributed by atoms with Gasteiger partial charge >= 0.3 is 5.97 Å². The van der Waals surface area contributed by atoms with E-state index in [0.29, 0.717) is 18.9 Å². The van der Waals surface area contributed by atoms with E-state index < -0.39 is 5.97 Å². The van der Waals surface area contributed by atoms with Crippen LogP contribution < -0.4 is 0 Å². The smallest absolute Gasteiger partial charge is 0.306 e. The van der Waals surface area contributed by atoms with Crippen molar-refractivity contribution in [3.8, 4) is 0 Å². The Hall–Kier alpha value is -2.40. The highest BCUT2D eigenvalue weighted by Gasteiger charge is 2.54. The van der Waals surface area contributed by atoms with Gasteiger partial charge in [-0.2, -0.15) is 0 Å². The third kappa shape index (κ3) is 4.24. The van der Waals surface area contributed by atoms with Gasteiger partial charge in [0, 0.05) is 34.6 Å². The number of benzene rings is 2. The Morgan fingerprint density at radius 2 is 1.71 bits per heavy atom. The van der Waals surface area contributed by atoms with Gasteiger partial charge < -0.3 is 9.67 Å². The van der Waals surface area contributed by atoms with Gasteiger partial charge in [-0.05, 0) is 71.8 Å². The maximum Gasteiger partial charge on any atom is 0.306 e. The van der Waals surface area contributed by atoms with Crippen LogP contribution in [0.15, 0.2) is 53.1 Å². The van der Waals surface area contributed by atoms with Crippen LogP contribution in [0.1, 0.15) is 74.4 Å². The van der Waals surface area contributed by atoms with Crippen molar-refractivity contribution in [2.75, 3.05) is 0 Å². The maximum atomic E-state index is 13.4. The Labute approximate surface area is 209 Å². The molecule has 2 aromatic carbocycles. The lowest BCUT2D eigenvalue weighted by Gasteiger charge is -2.56. The highest BCUT2D eigenvalue weighted by molar-refractivity contribution is 9.10. The Bertz CT molecular complexity index is 1250. The van der Waals surface area contributed by atoms with Gasteiger partial charge in [0.15, 0.2) is 5.78 Å². The summed E-state index contributed by atoms with van der Waals surface area (Å²) < 4.78 is 3.18. The molecular weight excluding hydrogens is 490 g/mol. The van der Waals surface area contributed by atoms with Crippen molar-refractivity contribution >= 4 is 38.6 Å². The monoisotopic (exact) mass is 521 g/mol. The third-order valence-electron chi connectivity index (χ3n) is 7.97. The summed E-state index contributed by atoms with van der Waals surface area (Å²) in [6, 6.07) is 14.8. The normalized spacial score (nSPS) is 24.1. The lowest BCUT2D eigenvalue weighted by molar-refractivity contribution is -0.157. The number of Topliss-reactive ketones (excluding diaryl/α,β-unsaturated/α-hetero) is 1. The van der Waals surface area contributed by atoms with Crippen LogP contribution in [0.2, 0.25) is 0 Å². The van der Waals surface area contributed by atoms with Crippen molar-refractivity contribution in [2.24, 2.45) is 17.3 Å². The highest BCUT2D eigenvalue weighted by atomic mass is 79.9. The second-order valence-electron chi connectivity index (χ2n) is 11.6. The molecule has 5 heteroatoms. The molecular formula is C29H32BrNO3. The lowest BCUT2D eigenvalue weighted by atomic mass is 9.47. The molecule has 1 heterocycles. The fourth-order valence-electron chi connectivity index (χ4n) is 6.13. The van der Waals surface area contributed by atoms with E-state index in [4.69, 9.17) is 5.11 Å². The maximum absolute atomic E-state index is 13.4. The fraction of sp³-hybridized carbons (Fsp3) is 0.448. The molecule has 4 nitrogen and oxygen atoms in total. The molecule has 0 bridgehead atoms. The number of aliphatic carboxylic acids is 1. The number of carboxylic acids is 1. The molecule has 2 aliphatic rings. The molecule has 5 rings (SSSR count). The van der Waals surface area contributed by atoms with Gasteiger partial charge in [-0.1, -0.05) is 61.0 Å². The number of hydrogen-bond acceptors (Lipinski definition) is 2. The Balaban J connectivity index is 1.33. The average Bonchev–Trinajstić information content (AvgIpc) is 3.13. The molecule has 0 atom stereocenters. The van der Waals surface area contributed by atoms with Crippen LogP contribution in [0.5, 0.6) is 0 Å². The standard InChI is InChI=1S/C29H32BrNO3/c1-28(2,3)21-6-4-18(5-7-21)17-31-11-10-22-24(30)9-8-23(26(22)31)25(32)12-19-13-29(14-19)15-20(16-29)27(33)34/h4-11,19-20H,12-17H2,1-3H3,(H,33,34). The summed E-state index contributed by atoms with van der Waals surface area (Å²) in [5.41, 5.74) is 4.62. The molecule has 0 aliphatic heterocycles. The van der Waals surface area contributed by atoms with Gasteiger partial charge in [0.05, 0.1) is 11.4 Å². The van der Waals surface area contributed by atoms with Gasteiger partial charge in [-0.3, -0.25) is 9.59 Å².